The van der Waals surface area contributed by atoms with Gasteiger partial charge in [0, 0.05) is 0 Å². The van der Waals surface area contributed by atoms with Crippen molar-refractivity contribution in [2.45, 2.75) is 13.8 Å². The van der Waals surface area contributed by atoms with Crippen molar-refractivity contribution in [1.29, 1.82) is 0 Å². The molecule has 58 valence electrons. The minimum atomic E-state index is -0.725. The number of aryl methyl sites for hydroxylation is 1. The highest BCUT2D eigenvalue weighted by atomic mass is 16.5. The van der Waals surface area contributed by atoms with Crippen molar-refractivity contribution >= 4 is 0 Å². The Hall–Kier alpha value is -1.26. The van der Waals surface area contributed by atoms with Crippen molar-refractivity contribution in [2.24, 2.45) is 7.05 Å². The van der Waals surface area contributed by atoms with Crippen LogP contribution in [-0.2, 0) is 7.05 Å². The van der Waals surface area contributed by atoms with Crippen molar-refractivity contribution < 1.29 is 4.52 Å². The molecular weight excluding hydrogens is 136 g/mol. The summed E-state index contributed by atoms with van der Waals surface area (Å²) in [5, 5.41) is 0. The second-order valence-electron chi connectivity index (χ2n) is 1.31. The fraction of sp³-hybridized carbons (Fsp3) is 0.600. The molecule has 0 saturated heterocycles. The molecule has 0 unspecified atom stereocenters. The molecule has 10 heavy (non-hydrogen) atoms. The zero-order valence-corrected chi connectivity index (χ0v) is 6.17. The highest BCUT2D eigenvalue weighted by Crippen LogP contribution is 1.55. The molecular formula is C5H10N2O3. The van der Waals surface area contributed by atoms with E-state index >= 15 is 0 Å². The van der Waals surface area contributed by atoms with E-state index in [1.165, 1.54) is 7.05 Å². The van der Waals surface area contributed by atoms with E-state index in [-0.39, 0.29) is 0 Å². The van der Waals surface area contributed by atoms with Gasteiger partial charge in [0.05, 0.1) is 7.05 Å². The standard InChI is InChI=1S/C3H4N2O3.C2H6/c1-5-2(6)4-3(7)8-5;1-2/h1H3,(H,4,6,7);1-2H3. The molecule has 0 spiro atoms. The number of rotatable bonds is 0. The topological polar surface area (TPSA) is 68.0 Å². The van der Waals surface area contributed by atoms with Crippen molar-refractivity contribution in [2.75, 3.05) is 0 Å². The van der Waals surface area contributed by atoms with E-state index in [0.29, 0.717) is 0 Å². The largest absolute Gasteiger partial charge is 0.440 e. The lowest BCUT2D eigenvalue weighted by Gasteiger charge is -1.74. The number of nitrogens with zero attached hydrogens (tertiary/aromatic N) is 1. The summed E-state index contributed by atoms with van der Waals surface area (Å²) < 4.78 is 5.03. The van der Waals surface area contributed by atoms with E-state index in [2.05, 4.69) is 4.52 Å². The molecule has 0 aliphatic heterocycles. The number of aromatic nitrogens is 2. The van der Waals surface area contributed by atoms with Gasteiger partial charge in [0.1, 0.15) is 0 Å². The summed E-state index contributed by atoms with van der Waals surface area (Å²) in [5.41, 5.74) is -0.532. The fourth-order valence-corrected chi connectivity index (χ4v) is 0.355. The molecule has 0 saturated carbocycles. The second kappa shape index (κ2) is 3.71. The molecule has 1 heterocycles. The van der Waals surface area contributed by atoms with Gasteiger partial charge in [-0.2, -0.15) is 4.74 Å². The first-order chi connectivity index (χ1) is 4.70. The summed E-state index contributed by atoms with van der Waals surface area (Å²) in [7, 11) is 1.35. The van der Waals surface area contributed by atoms with E-state index in [0.717, 1.165) is 4.74 Å². The van der Waals surface area contributed by atoms with E-state index < -0.39 is 11.4 Å². The quantitative estimate of drug-likeness (QED) is 0.546. The maximum absolute atomic E-state index is 10.3. The third-order valence-corrected chi connectivity index (χ3v) is 0.715. The first-order valence-corrected chi connectivity index (χ1v) is 2.97. The maximum Gasteiger partial charge on any atom is 0.440 e. The third kappa shape index (κ3) is 1.93. The van der Waals surface area contributed by atoms with Crippen LogP contribution in [0.1, 0.15) is 13.8 Å². The first kappa shape index (κ1) is 8.74. The molecule has 0 radical (unpaired) electrons. The van der Waals surface area contributed by atoms with Gasteiger partial charge in [-0.25, -0.2) is 14.6 Å². The summed E-state index contributed by atoms with van der Waals surface area (Å²) >= 11 is 0. The zero-order chi connectivity index (χ0) is 8.15. The van der Waals surface area contributed by atoms with Gasteiger partial charge in [-0.3, -0.25) is 0 Å². The van der Waals surface area contributed by atoms with Crippen LogP contribution in [0.15, 0.2) is 14.1 Å². The van der Waals surface area contributed by atoms with Gasteiger partial charge in [-0.15, -0.1) is 0 Å². The average molecular weight is 146 g/mol. The Bertz CT molecular complexity index is 280. The van der Waals surface area contributed by atoms with Crippen LogP contribution in [0, 0.1) is 0 Å². The number of H-pyrrole nitrogens is 1. The van der Waals surface area contributed by atoms with Crippen molar-refractivity contribution in [3.8, 4) is 0 Å². The molecule has 1 aromatic heterocycles. The lowest BCUT2D eigenvalue weighted by molar-refractivity contribution is 0.277. The summed E-state index contributed by atoms with van der Waals surface area (Å²) in [6.45, 7) is 4.00. The van der Waals surface area contributed by atoms with Crippen LogP contribution in [0.2, 0.25) is 0 Å². The molecule has 5 heteroatoms. The Morgan fingerprint density at radius 2 is 1.90 bits per heavy atom. The third-order valence-electron chi connectivity index (χ3n) is 0.715. The SMILES string of the molecule is CC.Cn1oc(=O)[nH]c1=O. The summed E-state index contributed by atoms with van der Waals surface area (Å²) in [6, 6.07) is 0. The minimum absolute atomic E-state index is 0.532. The molecule has 0 bridgehead atoms. The molecule has 1 rings (SSSR count). The molecule has 0 aliphatic rings. The fourth-order valence-electron chi connectivity index (χ4n) is 0.355. The highest BCUT2D eigenvalue weighted by molar-refractivity contribution is 4.51. The molecule has 5 nitrogen and oxygen atoms in total. The van der Waals surface area contributed by atoms with Gasteiger partial charge in [0.15, 0.2) is 0 Å². The molecule has 1 N–H and O–H groups in total. The van der Waals surface area contributed by atoms with E-state index in [9.17, 15) is 9.59 Å². The van der Waals surface area contributed by atoms with Crippen molar-refractivity contribution in [1.82, 2.24) is 9.72 Å². The molecule has 1 aromatic rings. The Morgan fingerprint density at radius 1 is 1.40 bits per heavy atom. The first-order valence-electron chi connectivity index (χ1n) is 2.97. The van der Waals surface area contributed by atoms with Crippen molar-refractivity contribution in [3.05, 3.63) is 21.0 Å². The lowest BCUT2D eigenvalue weighted by atomic mass is 11.0. The summed E-state index contributed by atoms with van der Waals surface area (Å²) in [6.07, 6.45) is 0. The smallest absolute Gasteiger partial charge is 0.317 e. The Labute approximate surface area is 57.3 Å². The predicted molar refractivity (Wildman–Crippen MR) is 35.9 cm³/mol. The number of hydrogen-bond acceptors (Lipinski definition) is 3. The number of aromatic amines is 1. The van der Waals surface area contributed by atoms with Gasteiger partial charge in [0.2, 0.25) is 0 Å². The van der Waals surface area contributed by atoms with Crippen molar-refractivity contribution in [3.63, 3.8) is 0 Å². The Morgan fingerprint density at radius 3 is 2.00 bits per heavy atom. The molecule has 0 fully saturated rings. The average Bonchev–Trinajstić information content (AvgIpc) is 2.16. The van der Waals surface area contributed by atoms with Crippen LogP contribution in [0.3, 0.4) is 0 Å². The molecule has 0 amide bonds. The van der Waals surface area contributed by atoms with Crippen LogP contribution in [0.4, 0.5) is 0 Å². The van der Waals surface area contributed by atoms with E-state index in [1.807, 2.05) is 18.8 Å². The van der Waals surface area contributed by atoms with Crippen LogP contribution in [0.5, 0.6) is 0 Å². The molecule has 0 aromatic carbocycles. The molecule has 0 aliphatic carbocycles. The Kier molecular flexibility index (Phi) is 3.24. The second-order valence-corrected chi connectivity index (χ2v) is 1.31. The highest BCUT2D eigenvalue weighted by Gasteiger charge is 1.91. The van der Waals surface area contributed by atoms with Crippen LogP contribution in [-0.4, -0.2) is 9.72 Å². The van der Waals surface area contributed by atoms with Gasteiger partial charge in [-0.05, 0) is 0 Å². The summed E-state index contributed by atoms with van der Waals surface area (Å²) in [5.74, 6) is -0.725. The van der Waals surface area contributed by atoms with Crippen LogP contribution >= 0.6 is 0 Å². The van der Waals surface area contributed by atoms with Gasteiger partial charge in [-0.1, -0.05) is 13.8 Å². The van der Waals surface area contributed by atoms with E-state index in [1.54, 1.807) is 0 Å². The van der Waals surface area contributed by atoms with Crippen LogP contribution < -0.4 is 11.4 Å². The predicted octanol–water partition coefficient (Wildman–Crippen LogP) is -0.307. The van der Waals surface area contributed by atoms with E-state index in [4.69, 9.17) is 0 Å². The number of hydrogen-bond donors (Lipinski definition) is 1. The molecule has 0 atom stereocenters. The van der Waals surface area contributed by atoms with Gasteiger partial charge in [0.25, 0.3) is 0 Å². The number of nitrogens with one attached hydrogen (secondary N) is 1. The Balaban J connectivity index is 0.000000371. The monoisotopic (exact) mass is 146 g/mol. The summed E-state index contributed by atoms with van der Waals surface area (Å²) in [4.78, 5) is 22.2. The minimum Gasteiger partial charge on any atom is -0.317 e. The van der Waals surface area contributed by atoms with Gasteiger partial charge < -0.3 is 4.52 Å². The normalized spacial score (nSPS) is 8.30. The van der Waals surface area contributed by atoms with Crippen LogP contribution in [0.25, 0.3) is 0 Å². The van der Waals surface area contributed by atoms with Gasteiger partial charge >= 0.3 is 11.4 Å². The zero-order valence-electron chi connectivity index (χ0n) is 6.17. The lowest BCUT2D eigenvalue weighted by Crippen LogP contribution is -2.12. The maximum atomic E-state index is 10.3.